The highest BCUT2D eigenvalue weighted by Gasteiger charge is 2.12. The van der Waals surface area contributed by atoms with E-state index in [1.807, 2.05) is 6.92 Å². The first-order valence-electron chi connectivity index (χ1n) is 5.18. The van der Waals surface area contributed by atoms with Crippen LogP contribution >= 0.6 is 0 Å². The van der Waals surface area contributed by atoms with E-state index < -0.39 is 0 Å². The monoisotopic (exact) mass is 203 g/mol. The predicted octanol–water partition coefficient (Wildman–Crippen LogP) is 1.85. The van der Waals surface area contributed by atoms with Crippen LogP contribution in [-0.2, 0) is 0 Å². The number of nitrogens with zero attached hydrogens (tertiary/aromatic N) is 2. The zero-order valence-electron chi connectivity index (χ0n) is 9.49. The number of hydrogen-bond acceptors (Lipinski definition) is 3. The van der Waals surface area contributed by atoms with E-state index in [0.717, 1.165) is 17.8 Å². The average Bonchev–Trinajstić information content (AvgIpc) is 2.26. The number of hydrogen-bond donors (Lipinski definition) is 1. The quantitative estimate of drug-likeness (QED) is 0.759. The van der Waals surface area contributed by atoms with Crippen LogP contribution in [0, 0.1) is 19.3 Å². The molecule has 0 saturated carbocycles. The highest BCUT2D eigenvalue weighted by Crippen LogP contribution is 2.12. The Balaban J connectivity index is 2.73. The third-order valence-electron chi connectivity index (χ3n) is 2.39. The second-order valence-corrected chi connectivity index (χ2v) is 3.54. The van der Waals surface area contributed by atoms with Crippen molar-refractivity contribution in [1.82, 2.24) is 15.3 Å². The zero-order chi connectivity index (χ0) is 11.3. The molecule has 0 bridgehead atoms. The summed E-state index contributed by atoms with van der Waals surface area (Å²) in [5, 5.41) is 3.33. The molecule has 1 rings (SSSR count). The lowest BCUT2D eigenvalue weighted by Crippen LogP contribution is -2.30. The maximum atomic E-state index is 5.40. The van der Waals surface area contributed by atoms with Gasteiger partial charge in [-0.25, -0.2) is 0 Å². The second-order valence-electron chi connectivity index (χ2n) is 3.54. The minimum Gasteiger partial charge on any atom is -0.295 e. The van der Waals surface area contributed by atoms with Crippen LogP contribution in [0.4, 0.5) is 0 Å². The normalized spacial score (nSPS) is 14.3. The lowest BCUT2D eigenvalue weighted by atomic mass is 10.1. The van der Waals surface area contributed by atoms with Crippen LogP contribution in [-0.4, -0.2) is 16.0 Å². The molecule has 0 radical (unpaired) electrons. The topological polar surface area (TPSA) is 37.8 Å². The molecule has 0 spiro atoms. The van der Waals surface area contributed by atoms with Crippen molar-refractivity contribution in [3.05, 3.63) is 23.8 Å². The Labute approximate surface area is 91.3 Å². The van der Waals surface area contributed by atoms with Gasteiger partial charge in [0.2, 0.25) is 0 Å². The molecule has 0 aliphatic carbocycles. The first kappa shape index (κ1) is 11.7. The van der Waals surface area contributed by atoms with Gasteiger partial charge in [-0.2, -0.15) is 0 Å². The third kappa shape index (κ3) is 3.03. The van der Waals surface area contributed by atoms with E-state index in [9.17, 15) is 0 Å². The summed E-state index contributed by atoms with van der Waals surface area (Å²) in [4.78, 5) is 8.51. The predicted molar refractivity (Wildman–Crippen MR) is 61.2 cm³/mol. The van der Waals surface area contributed by atoms with Crippen molar-refractivity contribution in [2.45, 2.75) is 39.3 Å². The minimum atomic E-state index is 0.0985. The van der Waals surface area contributed by atoms with Crippen LogP contribution < -0.4 is 5.32 Å². The van der Waals surface area contributed by atoms with E-state index in [-0.39, 0.29) is 12.1 Å². The molecule has 15 heavy (non-hydrogen) atoms. The van der Waals surface area contributed by atoms with Crippen LogP contribution in [0.25, 0.3) is 0 Å². The van der Waals surface area contributed by atoms with Gasteiger partial charge in [0, 0.05) is 18.4 Å². The minimum absolute atomic E-state index is 0.0985. The summed E-state index contributed by atoms with van der Waals surface area (Å²) < 4.78 is 0. The van der Waals surface area contributed by atoms with Crippen molar-refractivity contribution in [2.24, 2.45) is 0 Å². The lowest BCUT2D eigenvalue weighted by molar-refractivity contribution is 0.499. The van der Waals surface area contributed by atoms with Crippen molar-refractivity contribution in [3.63, 3.8) is 0 Å². The van der Waals surface area contributed by atoms with Crippen molar-refractivity contribution < 1.29 is 0 Å². The number of rotatable bonds is 4. The highest BCUT2D eigenvalue weighted by molar-refractivity contribution is 5.13. The van der Waals surface area contributed by atoms with Crippen LogP contribution in [0.1, 0.15) is 37.7 Å². The zero-order valence-corrected chi connectivity index (χ0v) is 9.49. The molecule has 3 heteroatoms. The average molecular weight is 203 g/mol. The fraction of sp³-hybridized carbons (Fsp3) is 0.500. The largest absolute Gasteiger partial charge is 0.295 e. The maximum absolute atomic E-state index is 5.40. The van der Waals surface area contributed by atoms with Gasteiger partial charge in [-0.05, 0) is 20.3 Å². The number of aryl methyl sites for hydroxylation is 1. The summed E-state index contributed by atoms with van der Waals surface area (Å²) in [5.74, 6) is 2.71. The Morgan fingerprint density at radius 1 is 1.47 bits per heavy atom. The Hall–Kier alpha value is -1.40. The molecule has 2 unspecified atom stereocenters. The van der Waals surface area contributed by atoms with Crippen molar-refractivity contribution in [3.8, 4) is 12.3 Å². The summed E-state index contributed by atoms with van der Waals surface area (Å²) in [7, 11) is 0. The fourth-order valence-corrected chi connectivity index (χ4v) is 1.51. The molecule has 1 aromatic heterocycles. The van der Waals surface area contributed by atoms with Crippen molar-refractivity contribution in [1.29, 1.82) is 0 Å². The van der Waals surface area contributed by atoms with E-state index in [1.165, 1.54) is 0 Å². The first-order valence-corrected chi connectivity index (χ1v) is 5.18. The molecule has 0 aliphatic heterocycles. The van der Waals surface area contributed by atoms with E-state index >= 15 is 0 Å². The molecule has 1 aromatic rings. The molecule has 80 valence electrons. The van der Waals surface area contributed by atoms with Gasteiger partial charge < -0.3 is 0 Å². The highest BCUT2D eigenvalue weighted by atomic mass is 15.0. The Morgan fingerprint density at radius 2 is 2.13 bits per heavy atom. The smallest absolute Gasteiger partial charge is 0.0782 e. The van der Waals surface area contributed by atoms with E-state index in [4.69, 9.17) is 6.42 Å². The van der Waals surface area contributed by atoms with E-state index in [1.54, 1.807) is 12.4 Å². The maximum Gasteiger partial charge on any atom is 0.0782 e. The first-order chi connectivity index (χ1) is 7.19. The molecule has 0 saturated heterocycles. The van der Waals surface area contributed by atoms with Gasteiger partial charge in [0.25, 0.3) is 0 Å². The van der Waals surface area contributed by atoms with Crippen molar-refractivity contribution >= 4 is 0 Å². The molecular weight excluding hydrogens is 186 g/mol. The van der Waals surface area contributed by atoms with Gasteiger partial charge in [0.1, 0.15) is 0 Å². The fourth-order valence-electron chi connectivity index (χ4n) is 1.51. The number of aromatic nitrogens is 2. The summed E-state index contributed by atoms with van der Waals surface area (Å²) in [6, 6.07) is 0.237. The Morgan fingerprint density at radius 3 is 2.67 bits per heavy atom. The lowest BCUT2D eigenvalue weighted by Gasteiger charge is -2.18. The van der Waals surface area contributed by atoms with Gasteiger partial charge >= 0.3 is 0 Å². The van der Waals surface area contributed by atoms with Crippen LogP contribution in [0.15, 0.2) is 12.4 Å². The molecule has 1 heterocycles. The van der Waals surface area contributed by atoms with Crippen LogP contribution in [0.2, 0.25) is 0 Å². The summed E-state index contributed by atoms with van der Waals surface area (Å²) >= 11 is 0. The molecule has 2 atom stereocenters. The molecule has 3 nitrogen and oxygen atoms in total. The molecule has 0 fully saturated rings. The van der Waals surface area contributed by atoms with Crippen LogP contribution in [0.3, 0.4) is 0 Å². The molecule has 0 amide bonds. The molecule has 0 aliphatic rings. The Bertz CT molecular complexity index is 354. The summed E-state index contributed by atoms with van der Waals surface area (Å²) in [5.41, 5.74) is 1.91. The van der Waals surface area contributed by atoms with Crippen LogP contribution in [0.5, 0.6) is 0 Å². The third-order valence-corrected chi connectivity index (χ3v) is 2.39. The number of terminal acetylenes is 1. The van der Waals surface area contributed by atoms with Gasteiger partial charge in [-0.1, -0.05) is 12.8 Å². The molecule has 1 N–H and O–H groups in total. The van der Waals surface area contributed by atoms with Gasteiger partial charge in [-0.3, -0.25) is 15.3 Å². The van der Waals surface area contributed by atoms with Gasteiger partial charge in [0.15, 0.2) is 0 Å². The molecule has 0 aromatic carbocycles. The summed E-state index contributed by atoms with van der Waals surface area (Å²) in [6.45, 7) is 6.07. The second kappa shape index (κ2) is 5.47. The van der Waals surface area contributed by atoms with Gasteiger partial charge in [-0.15, -0.1) is 6.42 Å². The SMILES string of the molecule is C#CC(CC)NC(C)c1nccnc1C. The molecular formula is C12H17N3. The van der Waals surface area contributed by atoms with E-state index in [2.05, 4.69) is 35.1 Å². The van der Waals surface area contributed by atoms with Crippen molar-refractivity contribution in [2.75, 3.05) is 0 Å². The summed E-state index contributed by atoms with van der Waals surface area (Å²) in [6.07, 6.45) is 9.72. The number of nitrogens with one attached hydrogen (secondary N) is 1. The standard InChI is InChI=1S/C12H17N3/c1-5-11(6-2)15-10(4)12-9(3)13-7-8-14-12/h1,7-8,10-11,15H,6H2,2-4H3. The Kier molecular flexibility index (Phi) is 4.26. The van der Waals surface area contributed by atoms with Gasteiger partial charge in [0.05, 0.1) is 17.4 Å². The van der Waals surface area contributed by atoms with E-state index in [0.29, 0.717) is 0 Å².